The van der Waals surface area contributed by atoms with Gasteiger partial charge in [-0.3, -0.25) is 4.79 Å². The topological polar surface area (TPSA) is 61.4 Å². The summed E-state index contributed by atoms with van der Waals surface area (Å²) >= 11 is 0. The van der Waals surface area contributed by atoms with Crippen LogP contribution < -0.4 is 10.6 Å². The predicted molar refractivity (Wildman–Crippen MR) is 122 cm³/mol. The number of ketones is 1. The van der Waals surface area contributed by atoms with Crippen LogP contribution in [0.2, 0.25) is 0 Å². The van der Waals surface area contributed by atoms with Crippen molar-refractivity contribution in [2.75, 3.05) is 14.1 Å². The van der Waals surface area contributed by atoms with Crippen molar-refractivity contribution in [1.29, 1.82) is 0 Å². The van der Waals surface area contributed by atoms with Crippen LogP contribution in [0.5, 0.6) is 0 Å². The molecular formula is C26H44N2O2. The first kappa shape index (κ1) is 22.5. The molecule has 0 spiro atoms. The smallest absolute Gasteiger partial charge is 0.162 e. The van der Waals surface area contributed by atoms with E-state index in [1.54, 1.807) is 0 Å². The highest BCUT2D eigenvalue weighted by molar-refractivity contribution is 5.98. The van der Waals surface area contributed by atoms with Crippen LogP contribution in [0.3, 0.4) is 0 Å². The van der Waals surface area contributed by atoms with Crippen molar-refractivity contribution < 1.29 is 9.90 Å². The zero-order chi connectivity index (χ0) is 22.3. The number of hydrogen-bond donors (Lipinski definition) is 3. The van der Waals surface area contributed by atoms with Gasteiger partial charge in [0.25, 0.3) is 0 Å². The second-order valence-electron chi connectivity index (χ2n) is 12.3. The Morgan fingerprint density at radius 3 is 2.37 bits per heavy atom. The zero-order valence-electron chi connectivity index (χ0n) is 20.4. The van der Waals surface area contributed by atoms with E-state index in [1.807, 2.05) is 7.05 Å². The van der Waals surface area contributed by atoms with E-state index in [1.165, 1.54) is 12.0 Å². The minimum atomic E-state index is -0.510. The van der Waals surface area contributed by atoms with Crippen molar-refractivity contribution in [3.63, 3.8) is 0 Å². The third-order valence-electron chi connectivity index (χ3n) is 11.1. The van der Waals surface area contributed by atoms with Gasteiger partial charge in [0.15, 0.2) is 5.78 Å². The van der Waals surface area contributed by atoms with Gasteiger partial charge in [-0.15, -0.1) is 0 Å². The number of carbonyl (C=O) groups is 1. The number of hydrogen-bond acceptors (Lipinski definition) is 4. The molecule has 9 unspecified atom stereocenters. The molecule has 0 aromatic carbocycles. The molecule has 0 saturated heterocycles. The van der Waals surface area contributed by atoms with Crippen molar-refractivity contribution in [1.82, 2.24) is 10.6 Å². The van der Waals surface area contributed by atoms with Crippen LogP contribution in [0.15, 0.2) is 11.6 Å². The Hall–Kier alpha value is -0.710. The Balaban J connectivity index is 1.81. The van der Waals surface area contributed by atoms with Crippen molar-refractivity contribution >= 4 is 5.78 Å². The Kier molecular flexibility index (Phi) is 5.17. The van der Waals surface area contributed by atoms with Gasteiger partial charge < -0.3 is 15.7 Å². The number of aliphatic hydroxyl groups is 1. The normalized spacial score (nSPS) is 50.9. The lowest BCUT2D eigenvalue weighted by Gasteiger charge is -2.64. The highest BCUT2D eigenvalue weighted by Gasteiger charge is 2.70. The van der Waals surface area contributed by atoms with E-state index in [9.17, 15) is 9.90 Å². The minimum absolute atomic E-state index is 0.0419. The molecule has 0 aliphatic heterocycles. The third kappa shape index (κ3) is 2.53. The van der Waals surface area contributed by atoms with Gasteiger partial charge in [-0.1, -0.05) is 40.2 Å². The molecule has 3 N–H and O–H groups in total. The van der Waals surface area contributed by atoms with Crippen molar-refractivity contribution in [3.05, 3.63) is 11.6 Å². The molecule has 0 radical (unpaired) electrons. The first-order chi connectivity index (χ1) is 13.9. The molecule has 0 aromatic heterocycles. The Morgan fingerprint density at radius 2 is 1.77 bits per heavy atom. The molecule has 0 heterocycles. The average molecular weight is 417 g/mol. The van der Waals surface area contributed by atoms with Crippen LogP contribution in [-0.4, -0.2) is 43.2 Å². The number of fused-ring (bicyclic) bond motifs is 5. The summed E-state index contributed by atoms with van der Waals surface area (Å²) in [4.78, 5) is 13.9. The minimum Gasteiger partial charge on any atom is -0.393 e. The lowest BCUT2D eigenvalue weighted by atomic mass is 9.41. The summed E-state index contributed by atoms with van der Waals surface area (Å²) in [6.45, 7) is 13.9. The molecule has 4 aliphatic rings. The van der Waals surface area contributed by atoms with Gasteiger partial charge in [-0.25, -0.2) is 0 Å². The summed E-state index contributed by atoms with van der Waals surface area (Å²) in [5.41, 5.74) is 1.01. The highest BCUT2D eigenvalue weighted by Crippen LogP contribution is 2.71. The number of rotatable bonds is 3. The first-order valence-electron chi connectivity index (χ1n) is 12.2. The molecule has 4 heteroatoms. The Bertz CT molecular complexity index is 760. The van der Waals surface area contributed by atoms with Crippen LogP contribution in [0.4, 0.5) is 0 Å². The maximum atomic E-state index is 13.9. The molecule has 0 aromatic rings. The van der Waals surface area contributed by atoms with Gasteiger partial charge in [0.1, 0.15) is 0 Å². The predicted octanol–water partition coefficient (Wildman–Crippen LogP) is 3.94. The van der Waals surface area contributed by atoms with Gasteiger partial charge in [-0.05, 0) is 87.3 Å². The number of carbonyl (C=O) groups excluding carboxylic acids is 1. The zero-order valence-corrected chi connectivity index (χ0v) is 20.4. The summed E-state index contributed by atoms with van der Waals surface area (Å²) < 4.78 is 0. The van der Waals surface area contributed by atoms with Crippen LogP contribution in [0, 0.1) is 39.4 Å². The van der Waals surface area contributed by atoms with E-state index in [0.29, 0.717) is 17.9 Å². The highest BCUT2D eigenvalue weighted by atomic mass is 16.3. The summed E-state index contributed by atoms with van der Waals surface area (Å²) in [6, 6.07) is 0.643. The quantitative estimate of drug-likeness (QED) is 0.652. The van der Waals surface area contributed by atoms with Crippen LogP contribution in [-0.2, 0) is 4.79 Å². The Labute approximate surface area is 183 Å². The van der Waals surface area contributed by atoms with Gasteiger partial charge in [-0.2, -0.15) is 0 Å². The molecule has 0 amide bonds. The molecule has 30 heavy (non-hydrogen) atoms. The summed E-state index contributed by atoms with van der Waals surface area (Å²) in [7, 11) is 4.04. The van der Waals surface area contributed by atoms with E-state index < -0.39 is 11.5 Å². The lowest BCUT2D eigenvalue weighted by molar-refractivity contribution is -0.141. The summed E-state index contributed by atoms with van der Waals surface area (Å²) in [6.07, 6.45) is 7.03. The second kappa shape index (κ2) is 6.89. The van der Waals surface area contributed by atoms with Gasteiger partial charge >= 0.3 is 0 Å². The fraction of sp³-hybridized carbons (Fsp3) is 0.885. The van der Waals surface area contributed by atoms with E-state index >= 15 is 0 Å². The molecule has 9 atom stereocenters. The maximum Gasteiger partial charge on any atom is 0.162 e. The number of allylic oxidation sites excluding steroid dienone is 2. The molecule has 0 bridgehead atoms. The molecule has 3 fully saturated rings. The molecule has 170 valence electrons. The lowest BCUT2D eigenvalue weighted by Crippen LogP contribution is -2.61. The second-order valence-corrected chi connectivity index (χ2v) is 12.3. The molecule has 3 saturated carbocycles. The van der Waals surface area contributed by atoms with E-state index in [4.69, 9.17) is 0 Å². The van der Waals surface area contributed by atoms with Crippen molar-refractivity contribution in [2.45, 2.75) is 91.8 Å². The standard InChI is InChI=1S/C26H44N2O2/c1-15(27-7)22-18(29)14-25(5)16-9-10-19-23(2,3)20(28-8)11-12-24(19,4)17(16)13-21(30)26(22,25)6/h13,15-16,18-20,22,27-29H,9-12,14H2,1-8H3. The molecule has 4 nitrogen and oxygen atoms in total. The van der Waals surface area contributed by atoms with Crippen LogP contribution >= 0.6 is 0 Å². The Morgan fingerprint density at radius 1 is 1.10 bits per heavy atom. The average Bonchev–Trinajstić information content (AvgIpc) is 2.89. The number of nitrogens with one attached hydrogen (secondary N) is 2. The van der Waals surface area contributed by atoms with Crippen molar-refractivity contribution in [3.8, 4) is 0 Å². The fourth-order valence-electron chi connectivity index (χ4n) is 9.21. The third-order valence-corrected chi connectivity index (χ3v) is 11.1. The SMILES string of the molecule is CNC(C)C1C(O)CC2(C)C3CCC4C(C)(CCC(NC)C4(C)C)C3=CC(=O)C12C. The fourth-order valence-corrected chi connectivity index (χ4v) is 9.21. The van der Waals surface area contributed by atoms with Crippen molar-refractivity contribution in [2.24, 2.45) is 39.4 Å². The molecule has 4 rings (SSSR count). The molecule has 4 aliphatic carbocycles. The van der Waals surface area contributed by atoms with Crippen LogP contribution in [0.1, 0.15) is 73.6 Å². The van der Waals surface area contributed by atoms with E-state index in [2.05, 4.69) is 65.3 Å². The van der Waals surface area contributed by atoms with Crippen LogP contribution in [0.25, 0.3) is 0 Å². The van der Waals surface area contributed by atoms with E-state index in [0.717, 1.165) is 25.7 Å². The monoisotopic (exact) mass is 416 g/mol. The van der Waals surface area contributed by atoms with Gasteiger partial charge in [0.2, 0.25) is 0 Å². The first-order valence-corrected chi connectivity index (χ1v) is 12.2. The number of aliphatic hydroxyl groups excluding tert-OH is 1. The van der Waals surface area contributed by atoms with E-state index in [-0.39, 0.29) is 34.0 Å². The maximum absolute atomic E-state index is 13.9. The van der Waals surface area contributed by atoms with Gasteiger partial charge in [0, 0.05) is 23.4 Å². The molecular weight excluding hydrogens is 372 g/mol. The largest absolute Gasteiger partial charge is 0.393 e. The summed E-state index contributed by atoms with van der Waals surface area (Å²) in [5, 5.41) is 18.1. The summed E-state index contributed by atoms with van der Waals surface area (Å²) in [5.74, 6) is 1.19. The van der Waals surface area contributed by atoms with Gasteiger partial charge in [0.05, 0.1) is 6.10 Å².